The summed E-state index contributed by atoms with van der Waals surface area (Å²) in [6, 6.07) is 40.9. The molecule has 1 nitrogen and oxygen atoms in total. The fraction of sp³-hybridized carbons (Fsp3) is 0. The lowest BCUT2D eigenvalue weighted by Crippen LogP contribution is -2.50. The number of hydrogen-bond donors (Lipinski definition) is 0. The molecule has 1 heterocycles. The molecular formula is C46H20B8O. The van der Waals surface area contributed by atoms with Gasteiger partial charge in [0, 0.05) is 10.8 Å². The normalized spacial score (nSPS) is 11.9. The highest BCUT2D eigenvalue weighted by Gasteiger charge is 2.26. The summed E-state index contributed by atoms with van der Waals surface area (Å²) in [5.74, 6) is 0. The monoisotopic (exact) mass is 676 g/mol. The van der Waals surface area contributed by atoms with Gasteiger partial charge in [0.05, 0.1) is 0 Å². The average Bonchev–Trinajstić information content (AvgIpc) is 3.61. The topological polar surface area (TPSA) is 13.1 Å². The van der Waals surface area contributed by atoms with Crippen molar-refractivity contribution < 1.29 is 4.42 Å². The van der Waals surface area contributed by atoms with Gasteiger partial charge in [-0.15, -0.1) is 21.9 Å². The number of furan rings is 1. The van der Waals surface area contributed by atoms with Crippen LogP contribution in [0, 0.1) is 0 Å². The summed E-state index contributed by atoms with van der Waals surface area (Å²) in [7, 11) is 55.0. The van der Waals surface area contributed by atoms with Crippen LogP contribution in [0.4, 0.5) is 0 Å². The van der Waals surface area contributed by atoms with Gasteiger partial charge in [0.15, 0.2) is 0 Å². The highest BCUT2D eigenvalue weighted by atomic mass is 16.3. The third kappa shape index (κ3) is 4.78. The highest BCUT2D eigenvalue weighted by Crippen LogP contribution is 2.46. The molecule has 234 valence electrons. The van der Waals surface area contributed by atoms with Gasteiger partial charge in [-0.1, -0.05) is 131 Å². The minimum atomic E-state index is 0.159. The first-order chi connectivity index (χ1) is 26.7. The molecule has 10 aromatic rings. The molecule has 10 rings (SSSR count). The van der Waals surface area contributed by atoms with E-state index < -0.39 is 0 Å². The summed E-state index contributed by atoms with van der Waals surface area (Å²) in [6.07, 6.45) is 0. The van der Waals surface area contributed by atoms with Crippen LogP contribution in [-0.2, 0) is 0 Å². The second-order valence-electron chi connectivity index (χ2n) is 14.1. The van der Waals surface area contributed by atoms with E-state index in [4.69, 9.17) is 67.2 Å². The van der Waals surface area contributed by atoms with E-state index in [1.54, 1.807) is 0 Å². The largest absolute Gasteiger partial charge is 0.456 e. The number of hydrogen-bond acceptors (Lipinski definition) is 1. The Morgan fingerprint density at radius 2 is 0.782 bits per heavy atom. The fourth-order valence-electron chi connectivity index (χ4n) is 8.59. The summed E-state index contributed by atoms with van der Waals surface area (Å²) in [6.45, 7) is 0. The van der Waals surface area contributed by atoms with Crippen molar-refractivity contribution in [3.63, 3.8) is 0 Å². The second-order valence-corrected chi connectivity index (χ2v) is 14.1. The zero-order valence-electron chi connectivity index (χ0n) is 29.6. The van der Waals surface area contributed by atoms with Crippen LogP contribution in [0.25, 0.3) is 98.4 Å². The van der Waals surface area contributed by atoms with Crippen molar-refractivity contribution in [2.75, 3.05) is 0 Å². The van der Waals surface area contributed by atoms with Crippen molar-refractivity contribution in [1.82, 2.24) is 0 Å². The van der Waals surface area contributed by atoms with Gasteiger partial charge in [0.25, 0.3) is 0 Å². The molecule has 0 bridgehead atoms. The van der Waals surface area contributed by atoms with Crippen molar-refractivity contribution in [3.8, 4) is 33.4 Å². The van der Waals surface area contributed by atoms with Crippen LogP contribution in [-0.4, -0.2) is 62.8 Å². The SMILES string of the molecule is [B]c1c([B])c([B])c2c(-c3cc4oc5ccccc5c4c4ccccc34)c3c([B])c([B])c([B])c([B])c3c(-c3ccc(-c4cccc5ccccc45)cc3)c2c1[B]. The average molecular weight is 675 g/mol. The van der Waals surface area contributed by atoms with Crippen LogP contribution in [0.5, 0.6) is 0 Å². The lowest BCUT2D eigenvalue weighted by Gasteiger charge is -2.29. The minimum Gasteiger partial charge on any atom is -0.456 e. The van der Waals surface area contributed by atoms with Gasteiger partial charge in [-0.3, -0.25) is 0 Å². The van der Waals surface area contributed by atoms with Crippen molar-refractivity contribution in [2.24, 2.45) is 0 Å². The van der Waals surface area contributed by atoms with Crippen LogP contribution in [0.1, 0.15) is 0 Å². The van der Waals surface area contributed by atoms with Crippen LogP contribution in [0.15, 0.2) is 126 Å². The Bertz CT molecular complexity index is 3210. The van der Waals surface area contributed by atoms with E-state index in [0.717, 1.165) is 60.2 Å². The Hall–Kier alpha value is -5.66. The minimum absolute atomic E-state index is 0.159. The van der Waals surface area contributed by atoms with Crippen LogP contribution in [0.2, 0.25) is 0 Å². The summed E-state index contributed by atoms with van der Waals surface area (Å²) in [5.41, 5.74) is 8.04. The fourth-order valence-corrected chi connectivity index (χ4v) is 8.59. The van der Waals surface area contributed by atoms with Crippen molar-refractivity contribution in [3.05, 3.63) is 121 Å². The predicted molar refractivity (Wildman–Crippen MR) is 243 cm³/mol. The molecule has 16 radical (unpaired) electrons. The number of fused-ring (bicyclic) bond motifs is 8. The smallest absolute Gasteiger partial charge is 0.136 e. The summed E-state index contributed by atoms with van der Waals surface area (Å²) in [4.78, 5) is 0. The Kier molecular flexibility index (Phi) is 7.66. The standard InChI is InChI=1S/C46H20B8O/c47-39-35-32(23-18-16-22(17-19-23)25-14-7-9-21-8-1-2-10-24(21)25)36-38(42(50)46(54)44(52)40(36)48)34(37(35)41(49)45(53)43(39)51)29-20-31-33(27-12-4-3-11-26(27)29)28-13-5-6-15-30(28)55-31/h1-20H. The third-order valence-electron chi connectivity index (χ3n) is 11.2. The van der Waals surface area contributed by atoms with Crippen LogP contribution >= 0.6 is 0 Å². The lowest BCUT2D eigenvalue weighted by atomic mass is 9.59. The van der Waals surface area contributed by atoms with Crippen molar-refractivity contribution in [2.45, 2.75) is 0 Å². The van der Waals surface area contributed by atoms with Gasteiger partial charge < -0.3 is 4.42 Å². The molecule has 0 saturated carbocycles. The molecule has 0 unspecified atom stereocenters. The molecule has 55 heavy (non-hydrogen) atoms. The van der Waals surface area contributed by atoms with E-state index in [1.807, 2.05) is 60.7 Å². The second kappa shape index (κ2) is 12.4. The molecule has 0 atom stereocenters. The molecule has 0 aliphatic rings. The van der Waals surface area contributed by atoms with Crippen molar-refractivity contribution in [1.29, 1.82) is 0 Å². The van der Waals surface area contributed by atoms with E-state index >= 15 is 0 Å². The van der Waals surface area contributed by atoms with E-state index in [2.05, 4.69) is 60.7 Å². The maximum absolute atomic E-state index is 7.08. The van der Waals surface area contributed by atoms with E-state index in [9.17, 15) is 0 Å². The van der Waals surface area contributed by atoms with Gasteiger partial charge in [-0.25, -0.2) is 0 Å². The van der Waals surface area contributed by atoms with E-state index in [0.29, 0.717) is 38.3 Å². The zero-order valence-corrected chi connectivity index (χ0v) is 29.6. The molecule has 0 saturated heterocycles. The molecular weight excluding hydrogens is 655 g/mol. The van der Waals surface area contributed by atoms with Gasteiger partial charge in [0.2, 0.25) is 0 Å². The molecule has 0 spiro atoms. The molecule has 0 amide bonds. The Morgan fingerprint density at radius 1 is 0.309 bits per heavy atom. The van der Waals surface area contributed by atoms with Gasteiger partial charge in [0.1, 0.15) is 73.9 Å². The Labute approximate surface area is 329 Å². The Morgan fingerprint density at radius 3 is 1.40 bits per heavy atom. The molecule has 0 fully saturated rings. The van der Waals surface area contributed by atoms with E-state index in [-0.39, 0.29) is 43.7 Å². The lowest BCUT2D eigenvalue weighted by molar-refractivity contribution is 0.669. The quantitative estimate of drug-likeness (QED) is 0.207. The maximum Gasteiger partial charge on any atom is 0.136 e. The summed E-state index contributed by atoms with van der Waals surface area (Å²) < 4.78 is 6.51. The molecule has 0 aliphatic carbocycles. The molecule has 0 aliphatic heterocycles. The first-order valence-electron chi connectivity index (χ1n) is 17.8. The van der Waals surface area contributed by atoms with Gasteiger partial charge in [-0.05, 0) is 88.6 Å². The highest BCUT2D eigenvalue weighted by molar-refractivity contribution is 6.71. The van der Waals surface area contributed by atoms with E-state index in [1.165, 1.54) is 0 Å². The summed E-state index contributed by atoms with van der Waals surface area (Å²) in [5, 5.41) is 8.41. The Balaban J connectivity index is 1.39. The molecule has 9 aromatic carbocycles. The van der Waals surface area contributed by atoms with Crippen LogP contribution < -0.4 is 43.7 Å². The zero-order chi connectivity index (χ0) is 37.9. The third-order valence-corrected chi connectivity index (χ3v) is 11.2. The molecule has 1 aromatic heterocycles. The number of rotatable bonds is 3. The van der Waals surface area contributed by atoms with Crippen LogP contribution in [0.3, 0.4) is 0 Å². The molecule has 9 heteroatoms. The summed E-state index contributed by atoms with van der Waals surface area (Å²) >= 11 is 0. The molecule has 0 N–H and O–H groups in total. The van der Waals surface area contributed by atoms with Crippen molar-refractivity contribution >= 4 is 172 Å². The number of para-hydroxylation sites is 1. The first-order valence-corrected chi connectivity index (χ1v) is 17.8. The predicted octanol–water partition coefficient (Wildman–Crippen LogP) is 3.55. The maximum atomic E-state index is 7.08. The van der Waals surface area contributed by atoms with Gasteiger partial charge in [-0.2, -0.15) is 0 Å². The van der Waals surface area contributed by atoms with Gasteiger partial charge >= 0.3 is 0 Å². The first kappa shape index (κ1) is 33.9. The number of benzene rings is 9.